The summed E-state index contributed by atoms with van der Waals surface area (Å²) in [6, 6.07) is 9.02. The predicted molar refractivity (Wildman–Crippen MR) is 99.9 cm³/mol. The molecule has 2 aromatic rings. The first-order valence-electron chi connectivity index (χ1n) is 9.82. The second-order valence-corrected chi connectivity index (χ2v) is 7.75. The first-order chi connectivity index (χ1) is 13.9. The van der Waals surface area contributed by atoms with E-state index in [1.165, 1.54) is 11.3 Å². The van der Waals surface area contributed by atoms with Gasteiger partial charge in [-0.05, 0) is 56.4 Å². The number of nitriles is 1. The molecule has 2 aliphatic rings. The molecule has 1 aliphatic carbocycles. The third-order valence-corrected chi connectivity index (χ3v) is 5.96. The van der Waals surface area contributed by atoms with Crippen molar-refractivity contribution in [2.45, 2.75) is 44.3 Å². The van der Waals surface area contributed by atoms with Crippen LogP contribution in [0.5, 0.6) is 0 Å². The van der Waals surface area contributed by atoms with Gasteiger partial charge in [0.15, 0.2) is 0 Å². The Hall–Kier alpha value is -2.82. The maximum Gasteiger partial charge on any atom is 0.391 e. The van der Waals surface area contributed by atoms with Crippen molar-refractivity contribution in [2.24, 2.45) is 5.92 Å². The van der Waals surface area contributed by atoms with Crippen LogP contribution in [-0.4, -0.2) is 39.9 Å². The quantitative estimate of drug-likeness (QED) is 0.756. The Morgan fingerprint density at radius 2 is 1.86 bits per heavy atom. The Bertz CT molecular complexity index is 948. The van der Waals surface area contributed by atoms with Gasteiger partial charge >= 0.3 is 6.18 Å². The van der Waals surface area contributed by atoms with E-state index in [1.807, 2.05) is 16.9 Å². The van der Waals surface area contributed by atoms with Gasteiger partial charge in [-0.3, -0.25) is 9.48 Å². The molecule has 2 fully saturated rings. The molecule has 152 valence electrons. The Labute approximate surface area is 166 Å². The molecule has 1 aromatic carbocycles. The van der Waals surface area contributed by atoms with E-state index in [9.17, 15) is 23.2 Å². The van der Waals surface area contributed by atoms with E-state index in [4.69, 9.17) is 0 Å². The fourth-order valence-corrected chi connectivity index (χ4v) is 3.93. The molecule has 1 saturated heterocycles. The lowest BCUT2D eigenvalue weighted by molar-refractivity contribution is -0.183. The van der Waals surface area contributed by atoms with Crippen molar-refractivity contribution in [3.05, 3.63) is 41.6 Å². The fraction of sp³-hybridized carbons (Fsp3) is 0.476. The lowest BCUT2D eigenvalue weighted by Gasteiger charge is -2.33. The van der Waals surface area contributed by atoms with E-state index in [-0.39, 0.29) is 31.8 Å². The van der Waals surface area contributed by atoms with E-state index in [2.05, 4.69) is 11.2 Å². The highest BCUT2D eigenvalue weighted by molar-refractivity contribution is 6.00. The van der Waals surface area contributed by atoms with Crippen LogP contribution in [0.4, 0.5) is 13.2 Å². The minimum Gasteiger partial charge on any atom is -0.339 e. The molecular formula is C21H21F3N4O. The molecule has 0 N–H and O–H groups in total. The van der Waals surface area contributed by atoms with Crippen molar-refractivity contribution in [3.8, 4) is 17.3 Å². The number of rotatable bonds is 3. The molecule has 5 nitrogen and oxygen atoms in total. The number of carbonyl (C=O) groups is 1. The number of hydrogen-bond acceptors (Lipinski definition) is 3. The second kappa shape index (κ2) is 7.54. The van der Waals surface area contributed by atoms with Gasteiger partial charge in [-0.1, -0.05) is 0 Å². The van der Waals surface area contributed by atoms with Crippen LogP contribution in [0.25, 0.3) is 11.3 Å². The highest BCUT2D eigenvalue weighted by Gasteiger charge is 2.42. The van der Waals surface area contributed by atoms with Gasteiger partial charge < -0.3 is 4.90 Å². The summed E-state index contributed by atoms with van der Waals surface area (Å²) in [4.78, 5) is 14.6. The van der Waals surface area contributed by atoms with Crippen LogP contribution >= 0.6 is 0 Å². The topological polar surface area (TPSA) is 61.9 Å². The van der Waals surface area contributed by atoms with Crippen molar-refractivity contribution in [2.75, 3.05) is 13.1 Å². The first-order valence-corrected chi connectivity index (χ1v) is 9.82. The number of hydrogen-bond donors (Lipinski definition) is 0. The van der Waals surface area contributed by atoms with Gasteiger partial charge in [0.25, 0.3) is 5.91 Å². The third-order valence-electron chi connectivity index (χ3n) is 5.96. The molecule has 0 radical (unpaired) electrons. The molecule has 2 heterocycles. The standard InChI is InChI=1S/C21H21F3N4O/c22-21(23,24)15-6-9-27(10-7-15)20(29)17-5-4-14(13-25)12-18(17)19-8-11-28(26-19)16-2-1-3-16/h4-5,8,11-12,15-16H,1-3,6-7,9-10H2. The van der Waals surface area contributed by atoms with Crippen LogP contribution in [0.3, 0.4) is 0 Å². The summed E-state index contributed by atoms with van der Waals surface area (Å²) in [5.41, 5.74) is 1.92. The summed E-state index contributed by atoms with van der Waals surface area (Å²) in [6.45, 7) is 0.137. The number of aromatic nitrogens is 2. The number of likely N-dealkylation sites (tertiary alicyclic amines) is 1. The summed E-state index contributed by atoms with van der Waals surface area (Å²) >= 11 is 0. The van der Waals surface area contributed by atoms with Gasteiger partial charge in [-0.25, -0.2) is 0 Å². The Morgan fingerprint density at radius 3 is 2.45 bits per heavy atom. The number of amides is 1. The number of alkyl halides is 3. The van der Waals surface area contributed by atoms with Gasteiger partial charge in [-0.2, -0.15) is 23.5 Å². The molecule has 1 aliphatic heterocycles. The van der Waals surface area contributed by atoms with E-state index in [0.717, 1.165) is 12.8 Å². The van der Waals surface area contributed by atoms with E-state index < -0.39 is 12.1 Å². The monoisotopic (exact) mass is 402 g/mol. The maximum absolute atomic E-state index is 13.1. The van der Waals surface area contributed by atoms with Gasteiger partial charge in [-0.15, -0.1) is 0 Å². The van der Waals surface area contributed by atoms with Crippen molar-refractivity contribution in [1.29, 1.82) is 5.26 Å². The Balaban J connectivity index is 1.59. The normalized spacial score (nSPS) is 18.3. The number of benzene rings is 1. The Kier molecular flexibility index (Phi) is 5.07. The summed E-state index contributed by atoms with van der Waals surface area (Å²) in [7, 11) is 0. The lowest BCUT2D eigenvalue weighted by atomic mass is 9.93. The molecule has 29 heavy (non-hydrogen) atoms. The van der Waals surface area contributed by atoms with Crippen LogP contribution in [0.1, 0.15) is 54.1 Å². The van der Waals surface area contributed by atoms with Crippen LogP contribution in [0.15, 0.2) is 30.5 Å². The maximum atomic E-state index is 13.1. The van der Waals surface area contributed by atoms with Crippen molar-refractivity contribution in [3.63, 3.8) is 0 Å². The number of halogens is 3. The number of nitrogens with zero attached hydrogens (tertiary/aromatic N) is 4. The summed E-state index contributed by atoms with van der Waals surface area (Å²) in [5, 5.41) is 13.9. The highest BCUT2D eigenvalue weighted by atomic mass is 19.4. The van der Waals surface area contributed by atoms with E-state index in [0.29, 0.717) is 28.4 Å². The van der Waals surface area contributed by atoms with Crippen LogP contribution in [0.2, 0.25) is 0 Å². The van der Waals surface area contributed by atoms with Gasteiger partial charge in [0, 0.05) is 30.4 Å². The van der Waals surface area contributed by atoms with Gasteiger partial charge in [0.05, 0.1) is 29.3 Å². The summed E-state index contributed by atoms with van der Waals surface area (Å²) in [5.74, 6) is -1.67. The summed E-state index contributed by atoms with van der Waals surface area (Å²) in [6.07, 6.45) is 0.790. The zero-order valence-corrected chi connectivity index (χ0v) is 15.8. The molecular weight excluding hydrogens is 381 g/mol. The van der Waals surface area contributed by atoms with Crippen LogP contribution in [0, 0.1) is 17.2 Å². The smallest absolute Gasteiger partial charge is 0.339 e. The van der Waals surface area contributed by atoms with E-state index in [1.54, 1.807) is 18.2 Å². The van der Waals surface area contributed by atoms with E-state index >= 15 is 0 Å². The Morgan fingerprint density at radius 1 is 1.14 bits per heavy atom. The fourth-order valence-electron chi connectivity index (χ4n) is 3.93. The highest BCUT2D eigenvalue weighted by Crippen LogP contribution is 2.36. The number of carbonyl (C=O) groups excluding carboxylic acids is 1. The minimum atomic E-state index is -4.22. The molecule has 4 rings (SSSR count). The second-order valence-electron chi connectivity index (χ2n) is 7.75. The minimum absolute atomic E-state index is 0.0684. The van der Waals surface area contributed by atoms with Crippen LogP contribution < -0.4 is 0 Å². The molecule has 1 aromatic heterocycles. The number of piperidine rings is 1. The zero-order valence-electron chi connectivity index (χ0n) is 15.8. The molecule has 8 heteroatoms. The van der Waals surface area contributed by atoms with Gasteiger partial charge in [0.2, 0.25) is 0 Å². The van der Waals surface area contributed by atoms with Crippen molar-refractivity contribution in [1.82, 2.24) is 14.7 Å². The third kappa shape index (κ3) is 3.86. The van der Waals surface area contributed by atoms with Gasteiger partial charge in [0.1, 0.15) is 0 Å². The average Bonchev–Trinajstić information content (AvgIpc) is 3.14. The summed E-state index contributed by atoms with van der Waals surface area (Å²) < 4.78 is 40.6. The molecule has 0 atom stereocenters. The first kappa shape index (κ1) is 19.5. The molecule has 1 amide bonds. The molecule has 1 saturated carbocycles. The lowest BCUT2D eigenvalue weighted by Crippen LogP contribution is -2.42. The average molecular weight is 402 g/mol. The van der Waals surface area contributed by atoms with Crippen LogP contribution in [-0.2, 0) is 0 Å². The predicted octanol–water partition coefficient (Wildman–Crippen LogP) is 4.56. The van der Waals surface area contributed by atoms with Crippen molar-refractivity contribution < 1.29 is 18.0 Å². The SMILES string of the molecule is N#Cc1ccc(C(=O)N2CCC(C(F)(F)F)CC2)c(-c2ccn(C3CCC3)n2)c1. The largest absolute Gasteiger partial charge is 0.391 e. The molecule has 0 bridgehead atoms. The molecule has 0 unspecified atom stereocenters. The molecule has 0 spiro atoms. The van der Waals surface area contributed by atoms with Crippen molar-refractivity contribution >= 4 is 5.91 Å². The zero-order chi connectivity index (χ0) is 20.6.